The van der Waals surface area contributed by atoms with E-state index in [1.165, 1.54) is 7.11 Å². The molecule has 0 amide bonds. The summed E-state index contributed by atoms with van der Waals surface area (Å²) < 4.78 is 15.4. The van der Waals surface area contributed by atoms with Gasteiger partial charge in [-0.1, -0.05) is 69.3 Å². The van der Waals surface area contributed by atoms with Crippen LogP contribution in [0, 0.1) is 5.41 Å². The molecule has 0 N–H and O–H groups in total. The minimum atomic E-state index is -1.86. The maximum Gasteiger partial charge on any atom is 0.324 e. The van der Waals surface area contributed by atoms with Crippen LogP contribution in [-0.2, 0) is 40.4 Å². The summed E-state index contributed by atoms with van der Waals surface area (Å²) in [6, 6.07) is 15.7. The fourth-order valence-electron chi connectivity index (χ4n) is 3.70. The van der Waals surface area contributed by atoms with Gasteiger partial charge in [0.2, 0.25) is 0 Å². The fourth-order valence-corrected chi connectivity index (χ4v) is 3.70. The number of hydrogen-bond donors (Lipinski definition) is 0. The van der Waals surface area contributed by atoms with Gasteiger partial charge in [0.05, 0.1) is 26.7 Å². The first kappa shape index (κ1) is 26.1. The molecule has 0 aliphatic carbocycles. The summed E-state index contributed by atoms with van der Waals surface area (Å²) in [6.45, 7) is 9.80. The second-order valence-electron chi connectivity index (χ2n) is 8.94. The molecule has 0 saturated carbocycles. The maximum absolute atomic E-state index is 13.2. The lowest BCUT2D eigenvalue weighted by atomic mass is 9.75. The summed E-state index contributed by atoms with van der Waals surface area (Å²) in [4.78, 5) is 38.7. The van der Waals surface area contributed by atoms with E-state index in [1.807, 2.05) is 42.5 Å². The Balaban J connectivity index is 2.73. The molecular weight excluding hydrogens is 420 g/mol. The largest absolute Gasteiger partial charge is 0.469 e. The van der Waals surface area contributed by atoms with Crippen molar-refractivity contribution in [3.8, 4) is 11.1 Å². The van der Waals surface area contributed by atoms with Crippen LogP contribution < -0.4 is 0 Å². The first-order chi connectivity index (χ1) is 15.6. The second-order valence-corrected chi connectivity index (χ2v) is 8.94. The summed E-state index contributed by atoms with van der Waals surface area (Å²) in [5, 5.41) is 0. The van der Waals surface area contributed by atoms with E-state index in [1.54, 1.807) is 13.8 Å². The molecule has 0 bridgehead atoms. The van der Waals surface area contributed by atoms with Gasteiger partial charge in [0.25, 0.3) is 0 Å². The first-order valence-corrected chi connectivity index (χ1v) is 11.2. The smallest absolute Gasteiger partial charge is 0.324 e. The molecule has 0 fully saturated rings. The van der Waals surface area contributed by atoms with Crippen molar-refractivity contribution in [2.45, 2.75) is 52.9 Å². The fraction of sp³-hybridized carbons (Fsp3) is 0.444. The Morgan fingerprint density at radius 1 is 0.848 bits per heavy atom. The molecule has 2 rings (SSSR count). The van der Waals surface area contributed by atoms with Crippen LogP contribution in [0.2, 0.25) is 0 Å². The lowest BCUT2D eigenvalue weighted by molar-refractivity contribution is -0.176. The Bertz CT molecular complexity index is 954. The van der Waals surface area contributed by atoms with E-state index in [-0.39, 0.29) is 25.0 Å². The zero-order valence-electron chi connectivity index (χ0n) is 20.4. The highest BCUT2D eigenvalue weighted by atomic mass is 16.6. The topological polar surface area (TPSA) is 78.9 Å². The zero-order valence-corrected chi connectivity index (χ0v) is 20.4. The van der Waals surface area contributed by atoms with E-state index >= 15 is 0 Å². The van der Waals surface area contributed by atoms with Crippen LogP contribution in [0.4, 0.5) is 0 Å². The normalized spacial score (nSPS) is 11.6. The van der Waals surface area contributed by atoms with Gasteiger partial charge in [-0.05, 0) is 41.5 Å². The van der Waals surface area contributed by atoms with Crippen LogP contribution in [0.15, 0.2) is 48.5 Å². The molecule has 2 aromatic carbocycles. The van der Waals surface area contributed by atoms with Crippen LogP contribution in [0.1, 0.15) is 52.2 Å². The number of methoxy groups -OCH3 is 1. The molecule has 6 heteroatoms. The van der Waals surface area contributed by atoms with Gasteiger partial charge in [-0.15, -0.1) is 0 Å². The van der Waals surface area contributed by atoms with Gasteiger partial charge in [-0.2, -0.15) is 0 Å². The van der Waals surface area contributed by atoms with Crippen LogP contribution in [0.5, 0.6) is 0 Å². The van der Waals surface area contributed by atoms with Crippen molar-refractivity contribution in [2.24, 2.45) is 5.41 Å². The lowest BCUT2D eigenvalue weighted by Gasteiger charge is -2.30. The van der Waals surface area contributed by atoms with Crippen LogP contribution in [0.25, 0.3) is 11.1 Å². The van der Waals surface area contributed by atoms with Crippen molar-refractivity contribution in [3.05, 3.63) is 59.7 Å². The van der Waals surface area contributed by atoms with Crippen LogP contribution >= 0.6 is 0 Å². The van der Waals surface area contributed by atoms with Gasteiger partial charge in [-0.25, -0.2) is 0 Å². The highest BCUT2D eigenvalue weighted by Gasteiger charge is 2.51. The predicted octanol–water partition coefficient (Wildman–Crippen LogP) is 4.87. The number of hydrogen-bond acceptors (Lipinski definition) is 6. The first-order valence-electron chi connectivity index (χ1n) is 11.2. The monoisotopic (exact) mass is 454 g/mol. The standard InChI is InChI=1S/C27H34O6/c1-7-32-24(29)27(18-23(28)31-6,25(30)33-8-2)17-20-14-15-21(26(3,4)5)16-22(20)19-12-10-9-11-13-19/h9-16H,7-8,17-18H2,1-6H3. The van der Waals surface area contributed by atoms with Crippen molar-refractivity contribution >= 4 is 17.9 Å². The Labute approximate surface area is 196 Å². The van der Waals surface area contributed by atoms with E-state index < -0.39 is 29.7 Å². The molecule has 0 saturated heterocycles. The Hall–Kier alpha value is -3.15. The average molecular weight is 455 g/mol. The SMILES string of the molecule is CCOC(=O)C(CC(=O)OC)(Cc1ccc(C(C)(C)C)cc1-c1ccccc1)C(=O)OCC. The number of ether oxygens (including phenoxy) is 3. The number of benzene rings is 2. The number of esters is 3. The molecule has 0 unspecified atom stereocenters. The van der Waals surface area contributed by atoms with Crippen molar-refractivity contribution in [3.63, 3.8) is 0 Å². The number of carbonyl (C=O) groups is 3. The van der Waals surface area contributed by atoms with E-state index in [2.05, 4.69) is 26.8 Å². The molecule has 0 heterocycles. The molecule has 6 nitrogen and oxygen atoms in total. The maximum atomic E-state index is 13.2. The van der Waals surface area contributed by atoms with E-state index in [0.29, 0.717) is 0 Å². The van der Waals surface area contributed by atoms with E-state index in [0.717, 1.165) is 22.3 Å². The summed E-state index contributed by atoms with van der Waals surface area (Å²) in [5.41, 5.74) is 1.71. The molecule has 178 valence electrons. The summed E-state index contributed by atoms with van der Waals surface area (Å²) in [6.07, 6.45) is -0.537. The third-order valence-corrected chi connectivity index (χ3v) is 5.56. The predicted molar refractivity (Wildman–Crippen MR) is 127 cm³/mol. The molecule has 33 heavy (non-hydrogen) atoms. The highest BCUT2D eigenvalue weighted by molar-refractivity contribution is 6.03. The van der Waals surface area contributed by atoms with Gasteiger partial charge in [0.15, 0.2) is 5.41 Å². The molecule has 0 spiro atoms. The molecule has 0 aromatic heterocycles. The van der Waals surface area contributed by atoms with Gasteiger partial charge >= 0.3 is 17.9 Å². The number of rotatable bonds is 9. The minimum Gasteiger partial charge on any atom is -0.469 e. The van der Waals surface area contributed by atoms with Crippen molar-refractivity contribution < 1.29 is 28.6 Å². The minimum absolute atomic E-state index is 0.0611. The molecule has 0 radical (unpaired) electrons. The van der Waals surface area contributed by atoms with Crippen LogP contribution in [0.3, 0.4) is 0 Å². The quantitative estimate of drug-likeness (QED) is 0.306. The summed E-state index contributed by atoms with van der Waals surface area (Å²) in [5.74, 6) is -2.29. The van der Waals surface area contributed by atoms with Crippen molar-refractivity contribution in [2.75, 3.05) is 20.3 Å². The molecule has 2 aromatic rings. The van der Waals surface area contributed by atoms with Gasteiger partial charge in [-0.3, -0.25) is 14.4 Å². The van der Waals surface area contributed by atoms with Crippen LogP contribution in [-0.4, -0.2) is 38.2 Å². The number of carbonyl (C=O) groups excluding carboxylic acids is 3. The van der Waals surface area contributed by atoms with Gasteiger partial charge in [0, 0.05) is 6.42 Å². The molecular formula is C27H34O6. The summed E-state index contributed by atoms with van der Waals surface area (Å²) >= 11 is 0. The second kappa shape index (κ2) is 11.1. The lowest BCUT2D eigenvalue weighted by Crippen LogP contribution is -2.46. The van der Waals surface area contributed by atoms with Gasteiger partial charge < -0.3 is 14.2 Å². The van der Waals surface area contributed by atoms with Crippen molar-refractivity contribution in [1.82, 2.24) is 0 Å². The Morgan fingerprint density at radius 3 is 1.91 bits per heavy atom. The third-order valence-electron chi connectivity index (χ3n) is 5.56. The van der Waals surface area contributed by atoms with Gasteiger partial charge in [0.1, 0.15) is 0 Å². The van der Waals surface area contributed by atoms with E-state index in [4.69, 9.17) is 14.2 Å². The highest BCUT2D eigenvalue weighted by Crippen LogP contribution is 2.37. The Morgan fingerprint density at radius 2 is 1.42 bits per heavy atom. The molecule has 0 aliphatic heterocycles. The van der Waals surface area contributed by atoms with Crippen molar-refractivity contribution in [1.29, 1.82) is 0 Å². The molecule has 0 atom stereocenters. The van der Waals surface area contributed by atoms with E-state index in [9.17, 15) is 14.4 Å². The zero-order chi connectivity index (χ0) is 24.6. The average Bonchev–Trinajstić information content (AvgIpc) is 2.78. The third kappa shape index (κ3) is 6.21. The molecule has 0 aliphatic rings. The Kier molecular flexibility index (Phi) is 8.80. The summed E-state index contributed by atoms with van der Waals surface area (Å²) in [7, 11) is 1.22.